The van der Waals surface area contributed by atoms with Gasteiger partial charge in [0.05, 0.1) is 28.1 Å². The number of aryl methyl sites for hydroxylation is 1. The number of aromatic amines is 1. The Labute approximate surface area is 280 Å². The number of alkyl halides is 3. The highest BCUT2D eigenvalue weighted by molar-refractivity contribution is 8.00. The van der Waals surface area contributed by atoms with E-state index in [9.17, 15) is 32.3 Å². The number of benzene rings is 3. The quantitative estimate of drug-likeness (QED) is 0.225. The van der Waals surface area contributed by atoms with Gasteiger partial charge in [0.2, 0.25) is 11.8 Å². The van der Waals surface area contributed by atoms with Crippen molar-refractivity contribution < 1.29 is 32.3 Å². The number of ether oxygens (including phenoxy) is 1. The van der Waals surface area contributed by atoms with Gasteiger partial charge in [-0.25, -0.2) is 0 Å². The molecule has 4 aromatic rings. The van der Waals surface area contributed by atoms with Crippen molar-refractivity contribution in [3.8, 4) is 5.75 Å². The maximum atomic E-state index is 14.0. The number of para-hydroxylation sites is 2. The van der Waals surface area contributed by atoms with E-state index in [1.165, 1.54) is 23.9 Å². The van der Waals surface area contributed by atoms with Gasteiger partial charge < -0.3 is 15.0 Å². The highest BCUT2D eigenvalue weighted by atomic mass is 32.2. The van der Waals surface area contributed by atoms with Crippen LogP contribution in [0.15, 0.2) is 82.6 Å². The van der Waals surface area contributed by atoms with Crippen molar-refractivity contribution in [2.75, 3.05) is 16.8 Å². The molecule has 2 bridgehead atoms. The van der Waals surface area contributed by atoms with E-state index < -0.39 is 35.4 Å². The van der Waals surface area contributed by atoms with Gasteiger partial charge in [0.15, 0.2) is 6.61 Å². The molecular weight excluding hydrogens is 664 g/mol. The fraction of sp³-hybridized carbons (Fsp3) is 0.314. The Morgan fingerprint density at radius 2 is 1.71 bits per heavy atom. The number of halogens is 3. The number of carbonyl (C=O) groups excluding carboxylic acids is 3. The molecule has 2 N–H and O–H groups in total. The van der Waals surface area contributed by atoms with Crippen molar-refractivity contribution in [1.82, 2.24) is 4.98 Å². The number of aromatic nitrogens is 1. The molecule has 4 unspecified atom stereocenters. The number of thiazole rings is 1. The molecule has 0 radical (unpaired) electrons. The third kappa shape index (κ3) is 4.89. The minimum atomic E-state index is -4.62. The SMILES string of the molecule is Cc1ccccc1NC(=O)COc1ccccc1[C@H]1c2sc(=O)[nH]c2SC2C1[C@H]1C[C@@H]2C2C(=O)N(c3cccc(C(F)(F)F)c3)C(=O)C21. The summed E-state index contributed by atoms with van der Waals surface area (Å²) in [4.78, 5) is 58.0. The zero-order valence-corrected chi connectivity index (χ0v) is 27.0. The number of imide groups is 1. The summed E-state index contributed by atoms with van der Waals surface area (Å²) >= 11 is 2.61. The van der Waals surface area contributed by atoms with Gasteiger partial charge in [-0.05, 0) is 67.0 Å². The Morgan fingerprint density at radius 1 is 0.979 bits per heavy atom. The number of anilines is 2. The molecule has 1 aromatic heterocycles. The van der Waals surface area contributed by atoms with Crippen molar-refractivity contribution >= 4 is 52.2 Å². The Hall–Kier alpha value is -4.36. The van der Waals surface area contributed by atoms with Crippen LogP contribution >= 0.6 is 23.1 Å². The number of hydrogen-bond acceptors (Lipinski definition) is 7. The summed E-state index contributed by atoms with van der Waals surface area (Å²) in [6.45, 7) is 1.64. The molecular formula is C35H28F3N3O5S2. The van der Waals surface area contributed by atoms with Crippen LogP contribution in [0.3, 0.4) is 0 Å². The molecule has 3 aromatic carbocycles. The van der Waals surface area contributed by atoms with Crippen LogP contribution in [-0.4, -0.2) is 34.6 Å². The Balaban J connectivity index is 1.12. The van der Waals surface area contributed by atoms with Crippen LogP contribution in [0, 0.1) is 36.5 Å². The van der Waals surface area contributed by atoms with Crippen LogP contribution in [-0.2, 0) is 20.6 Å². The van der Waals surface area contributed by atoms with Crippen LogP contribution in [0.4, 0.5) is 24.5 Å². The van der Waals surface area contributed by atoms with E-state index in [2.05, 4.69) is 10.3 Å². The van der Waals surface area contributed by atoms with Crippen molar-refractivity contribution in [3.05, 3.63) is 104 Å². The van der Waals surface area contributed by atoms with Gasteiger partial charge in [-0.3, -0.25) is 24.1 Å². The van der Waals surface area contributed by atoms with Crippen LogP contribution in [0.2, 0.25) is 0 Å². The van der Waals surface area contributed by atoms with Gasteiger partial charge >= 0.3 is 11.0 Å². The lowest BCUT2D eigenvalue weighted by molar-refractivity contribution is -0.137. The molecule has 8 rings (SSSR count). The second-order valence-electron chi connectivity index (χ2n) is 12.7. The van der Waals surface area contributed by atoms with E-state index in [0.29, 0.717) is 22.9 Å². The molecule has 48 heavy (non-hydrogen) atoms. The monoisotopic (exact) mass is 691 g/mol. The van der Waals surface area contributed by atoms with E-state index in [-0.39, 0.29) is 52.0 Å². The maximum absolute atomic E-state index is 14.0. The molecule has 3 heterocycles. The second kappa shape index (κ2) is 11.4. The van der Waals surface area contributed by atoms with E-state index in [1.807, 2.05) is 43.3 Å². The number of nitrogens with zero attached hydrogens (tertiary/aromatic N) is 1. The predicted octanol–water partition coefficient (Wildman–Crippen LogP) is 6.46. The Morgan fingerprint density at radius 3 is 2.48 bits per heavy atom. The van der Waals surface area contributed by atoms with Gasteiger partial charge in [-0.15, -0.1) is 11.8 Å². The summed E-state index contributed by atoms with van der Waals surface area (Å²) in [6.07, 6.45) is -4.01. The number of hydrogen-bond donors (Lipinski definition) is 2. The lowest BCUT2D eigenvalue weighted by Gasteiger charge is -2.43. The topological polar surface area (TPSA) is 109 Å². The molecule has 4 aliphatic rings. The van der Waals surface area contributed by atoms with Crippen LogP contribution in [0.1, 0.15) is 33.9 Å². The maximum Gasteiger partial charge on any atom is 0.416 e. The highest BCUT2D eigenvalue weighted by Crippen LogP contribution is 2.69. The minimum absolute atomic E-state index is 0.0769. The minimum Gasteiger partial charge on any atom is -0.483 e. The Bertz CT molecular complexity index is 2040. The number of carbonyl (C=O) groups is 3. The third-order valence-electron chi connectivity index (χ3n) is 10.2. The summed E-state index contributed by atoms with van der Waals surface area (Å²) in [6, 6.07) is 19.1. The molecule has 8 nitrogen and oxygen atoms in total. The molecule has 0 spiro atoms. The van der Waals surface area contributed by atoms with Crippen molar-refractivity contribution in [3.63, 3.8) is 0 Å². The molecule has 2 aliphatic carbocycles. The second-order valence-corrected chi connectivity index (χ2v) is 14.9. The fourth-order valence-electron chi connectivity index (χ4n) is 8.35. The van der Waals surface area contributed by atoms with E-state index in [1.54, 1.807) is 12.1 Å². The molecule has 2 aliphatic heterocycles. The standard InChI is InChI=1S/C35H28F3N3O5S2/c1-16-7-2-4-11-22(16)39-24(42)15-46-23-12-5-3-10-19(23)25-26-20-14-21(29(26)47-31-30(25)48-34(45)40-31)28-27(20)32(43)41(33(28)44)18-9-6-8-17(13-18)35(36,37)38/h2-13,20-21,25-29H,14-15H2,1H3,(H,39,42)(H,40,45)/t20-,21-,25-,26?,27?,28?,29?/m1/s1. The van der Waals surface area contributed by atoms with Gasteiger partial charge in [-0.1, -0.05) is 53.8 Å². The number of rotatable bonds is 6. The predicted molar refractivity (Wildman–Crippen MR) is 174 cm³/mol. The first kappa shape index (κ1) is 30.9. The van der Waals surface area contributed by atoms with E-state index in [4.69, 9.17) is 4.74 Å². The van der Waals surface area contributed by atoms with Crippen molar-refractivity contribution in [2.45, 2.75) is 35.7 Å². The zero-order chi connectivity index (χ0) is 33.5. The molecule has 13 heteroatoms. The molecule has 1 saturated heterocycles. The van der Waals surface area contributed by atoms with Crippen LogP contribution < -0.4 is 19.8 Å². The number of amides is 3. The fourth-order valence-corrected chi connectivity index (χ4v) is 11.2. The normalized spacial score (nSPS) is 27.1. The molecule has 246 valence electrons. The van der Waals surface area contributed by atoms with Gasteiger partial charge in [0.25, 0.3) is 5.91 Å². The average molecular weight is 692 g/mol. The Kier molecular flexibility index (Phi) is 7.33. The number of H-pyrrole nitrogens is 1. The lowest BCUT2D eigenvalue weighted by Crippen LogP contribution is -2.42. The molecule has 2 saturated carbocycles. The first-order chi connectivity index (χ1) is 23.0. The van der Waals surface area contributed by atoms with Gasteiger partial charge in [-0.2, -0.15) is 13.2 Å². The van der Waals surface area contributed by atoms with Crippen molar-refractivity contribution in [1.29, 1.82) is 0 Å². The summed E-state index contributed by atoms with van der Waals surface area (Å²) in [5.41, 5.74) is 1.35. The smallest absolute Gasteiger partial charge is 0.416 e. The van der Waals surface area contributed by atoms with Gasteiger partial charge in [0, 0.05) is 27.3 Å². The average Bonchev–Trinajstić information content (AvgIpc) is 3.79. The summed E-state index contributed by atoms with van der Waals surface area (Å²) < 4.78 is 46.8. The lowest BCUT2D eigenvalue weighted by atomic mass is 9.68. The third-order valence-corrected chi connectivity index (χ3v) is 12.8. The number of nitrogens with one attached hydrogen (secondary N) is 2. The van der Waals surface area contributed by atoms with E-state index in [0.717, 1.165) is 44.4 Å². The van der Waals surface area contributed by atoms with E-state index >= 15 is 0 Å². The van der Waals surface area contributed by atoms with Crippen molar-refractivity contribution in [2.24, 2.45) is 29.6 Å². The largest absolute Gasteiger partial charge is 0.483 e. The molecule has 3 fully saturated rings. The highest BCUT2D eigenvalue weighted by Gasteiger charge is 2.70. The summed E-state index contributed by atoms with van der Waals surface area (Å²) in [5, 5.41) is 3.45. The van der Waals surface area contributed by atoms with Gasteiger partial charge in [0.1, 0.15) is 5.75 Å². The number of fused-ring (bicyclic) bond motifs is 9. The van der Waals surface area contributed by atoms with Crippen LogP contribution in [0.25, 0.3) is 0 Å². The summed E-state index contributed by atoms with van der Waals surface area (Å²) in [5.74, 6) is -3.16. The first-order valence-electron chi connectivity index (χ1n) is 15.5. The molecule has 3 amide bonds. The number of thioether (sulfide) groups is 1. The molecule has 7 atom stereocenters. The first-order valence-corrected chi connectivity index (χ1v) is 17.2. The summed E-state index contributed by atoms with van der Waals surface area (Å²) in [7, 11) is 0. The van der Waals surface area contributed by atoms with Crippen LogP contribution in [0.5, 0.6) is 5.75 Å². The zero-order valence-electron chi connectivity index (χ0n) is 25.3.